The van der Waals surface area contributed by atoms with E-state index in [4.69, 9.17) is 14.4 Å². The zero-order valence-electron chi connectivity index (χ0n) is 18.2. The number of nitrogens with zero attached hydrogens (tertiary/aromatic N) is 1. The Hall–Kier alpha value is -4.14. The van der Waals surface area contributed by atoms with Crippen molar-refractivity contribution in [2.24, 2.45) is 0 Å². The van der Waals surface area contributed by atoms with Crippen molar-refractivity contribution in [1.82, 2.24) is 15.8 Å². The quantitative estimate of drug-likeness (QED) is 0.468. The first kappa shape index (κ1) is 21.7. The highest BCUT2D eigenvalue weighted by atomic mass is 16.5. The molecule has 1 heterocycles. The van der Waals surface area contributed by atoms with Gasteiger partial charge in [-0.1, -0.05) is 53.7 Å². The predicted octanol–water partition coefficient (Wildman–Crippen LogP) is 3.45. The molecular formula is C25H23N3O6. The molecule has 5 rings (SSSR count). The van der Waals surface area contributed by atoms with Crippen LogP contribution >= 0.6 is 0 Å². The largest absolute Gasteiger partial charge is 0.481 e. The van der Waals surface area contributed by atoms with Crippen molar-refractivity contribution in [1.29, 1.82) is 0 Å². The van der Waals surface area contributed by atoms with Crippen LogP contribution in [0.25, 0.3) is 11.1 Å². The molecule has 2 aromatic carbocycles. The van der Waals surface area contributed by atoms with Crippen molar-refractivity contribution < 1.29 is 28.8 Å². The molecule has 1 fully saturated rings. The third-order valence-electron chi connectivity index (χ3n) is 6.35. The van der Waals surface area contributed by atoms with E-state index in [1.54, 1.807) is 0 Å². The number of carboxylic acids is 1. The lowest BCUT2D eigenvalue weighted by Crippen LogP contribution is -2.39. The van der Waals surface area contributed by atoms with Crippen molar-refractivity contribution in [3.8, 4) is 11.1 Å². The normalized spacial score (nSPS) is 15.2. The van der Waals surface area contributed by atoms with Gasteiger partial charge in [0.2, 0.25) is 0 Å². The summed E-state index contributed by atoms with van der Waals surface area (Å²) in [4.78, 5) is 36.0. The average molecular weight is 461 g/mol. The van der Waals surface area contributed by atoms with Gasteiger partial charge in [0.15, 0.2) is 0 Å². The maximum atomic E-state index is 12.6. The zero-order chi connectivity index (χ0) is 23.7. The lowest BCUT2D eigenvalue weighted by atomic mass is 9.98. The van der Waals surface area contributed by atoms with Crippen LogP contribution in [0.4, 0.5) is 4.79 Å². The number of alkyl carbamates (subject to hydrolysis) is 1. The van der Waals surface area contributed by atoms with Crippen LogP contribution in [0, 0.1) is 0 Å². The predicted molar refractivity (Wildman–Crippen MR) is 120 cm³/mol. The molecule has 2 aliphatic carbocycles. The van der Waals surface area contributed by atoms with Crippen molar-refractivity contribution in [3.63, 3.8) is 0 Å². The number of carbonyl (C=O) groups excluding carboxylic acids is 2. The van der Waals surface area contributed by atoms with Gasteiger partial charge in [-0.15, -0.1) is 0 Å². The fraction of sp³-hybridized carbons (Fsp3) is 0.280. The number of hydrogen-bond acceptors (Lipinski definition) is 6. The Morgan fingerprint density at radius 3 is 2.32 bits per heavy atom. The summed E-state index contributed by atoms with van der Waals surface area (Å²) in [7, 11) is 0. The van der Waals surface area contributed by atoms with Crippen molar-refractivity contribution in [3.05, 3.63) is 77.2 Å². The second-order valence-corrected chi connectivity index (χ2v) is 8.66. The molecule has 0 saturated heterocycles. The van der Waals surface area contributed by atoms with E-state index in [1.165, 1.54) is 6.26 Å². The number of nitrogens with one attached hydrogen (secondary N) is 2. The Morgan fingerprint density at radius 2 is 1.71 bits per heavy atom. The SMILES string of the molecule is O=C(O)CC1(NC(=O)c2conc2CNC(=O)OCC2c3ccccc3-c3ccccc32)CC1. The second-order valence-electron chi connectivity index (χ2n) is 8.66. The third kappa shape index (κ3) is 4.24. The van der Waals surface area contributed by atoms with Gasteiger partial charge in [-0.05, 0) is 35.1 Å². The van der Waals surface area contributed by atoms with Crippen LogP contribution in [0.2, 0.25) is 0 Å². The van der Waals surface area contributed by atoms with Crippen LogP contribution in [-0.4, -0.2) is 40.4 Å². The molecule has 2 aliphatic rings. The molecule has 9 heteroatoms. The number of fused-ring (bicyclic) bond motifs is 3. The molecule has 34 heavy (non-hydrogen) atoms. The molecule has 1 saturated carbocycles. The van der Waals surface area contributed by atoms with Gasteiger partial charge >= 0.3 is 12.1 Å². The highest BCUT2D eigenvalue weighted by Crippen LogP contribution is 2.44. The van der Waals surface area contributed by atoms with E-state index in [2.05, 4.69) is 27.9 Å². The van der Waals surface area contributed by atoms with E-state index < -0.39 is 23.5 Å². The van der Waals surface area contributed by atoms with Crippen LogP contribution in [0.3, 0.4) is 0 Å². The highest BCUT2D eigenvalue weighted by Gasteiger charge is 2.46. The first-order valence-electron chi connectivity index (χ1n) is 11.0. The lowest BCUT2D eigenvalue weighted by molar-refractivity contribution is -0.137. The third-order valence-corrected chi connectivity index (χ3v) is 6.35. The van der Waals surface area contributed by atoms with E-state index >= 15 is 0 Å². The molecule has 3 aromatic rings. The Bertz CT molecular complexity index is 1220. The Kier molecular flexibility index (Phi) is 5.53. The molecule has 0 bridgehead atoms. The van der Waals surface area contributed by atoms with Crippen molar-refractivity contribution >= 4 is 18.0 Å². The number of carboxylic acid groups (broad SMARTS) is 1. The number of amides is 2. The number of carbonyl (C=O) groups is 3. The van der Waals surface area contributed by atoms with Crippen LogP contribution in [-0.2, 0) is 16.1 Å². The molecule has 0 spiro atoms. The summed E-state index contributed by atoms with van der Waals surface area (Å²) < 4.78 is 10.4. The molecule has 9 nitrogen and oxygen atoms in total. The minimum absolute atomic E-state index is 0.0597. The Labute approximate surface area is 195 Å². The average Bonchev–Trinajstić information content (AvgIpc) is 3.27. The summed E-state index contributed by atoms with van der Waals surface area (Å²) in [6.07, 6.45) is 1.60. The molecule has 0 radical (unpaired) electrons. The summed E-state index contributed by atoms with van der Waals surface area (Å²) in [5.74, 6) is -1.51. The Morgan fingerprint density at radius 1 is 1.06 bits per heavy atom. The van der Waals surface area contributed by atoms with Crippen LogP contribution in [0.15, 0.2) is 59.3 Å². The fourth-order valence-corrected chi connectivity index (χ4v) is 4.47. The smallest absolute Gasteiger partial charge is 0.407 e. The summed E-state index contributed by atoms with van der Waals surface area (Å²) in [6.45, 7) is 0.103. The number of rotatable bonds is 8. The maximum Gasteiger partial charge on any atom is 0.407 e. The molecule has 0 aliphatic heterocycles. The molecule has 0 atom stereocenters. The zero-order valence-corrected chi connectivity index (χ0v) is 18.2. The van der Waals surface area contributed by atoms with Crippen molar-refractivity contribution in [2.45, 2.75) is 37.3 Å². The van der Waals surface area contributed by atoms with Gasteiger partial charge in [0, 0.05) is 5.92 Å². The summed E-state index contributed by atoms with van der Waals surface area (Å²) >= 11 is 0. The van der Waals surface area contributed by atoms with Gasteiger partial charge in [-0.25, -0.2) is 4.79 Å². The molecular weight excluding hydrogens is 438 g/mol. The van der Waals surface area contributed by atoms with Gasteiger partial charge < -0.3 is 25.0 Å². The fourth-order valence-electron chi connectivity index (χ4n) is 4.47. The summed E-state index contributed by atoms with van der Waals surface area (Å²) in [5, 5.41) is 18.2. The minimum atomic E-state index is -0.972. The number of benzene rings is 2. The van der Waals surface area contributed by atoms with Gasteiger partial charge in [-0.2, -0.15) is 0 Å². The molecule has 1 aromatic heterocycles. The van der Waals surface area contributed by atoms with Gasteiger partial charge in [0.05, 0.1) is 18.5 Å². The van der Waals surface area contributed by atoms with E-state index in [1.807, 2.05) is 36.4 Å². The van der Waals surface area contributed by atoms with Gasteiger partial charge in [0.1, 0.15) is 24.1 Å². The number of ether oxygens (including phenoxy) is 1. The lowest BCUT2D eigenvalue weighted by Gasteiger charge is -2.15. The number of aliphatic carboxylic acids is 1. The van der Waals surface area contributed by atoms with E-state index in [0.29, 0.717) is 12.8 Å². The highest BCUT2D eigenvalue weighted by molar-refractivity contribution is 5.96. The van der Waals surface area contributed by atoms with Gasteiger partial charge in [-0.3, -0.25) is 9.59 Å². The standard InChI is InChI=1S/C25H23N3O6/c29-22(30)11-25(9-10-25)27-23(31)20-14-34-28-21(20)12-26-24(32)33-13-19-17-7-3-1-5-15(17)16-6-2-4-8-18(16)19/h1-8,14,19H,9-13H2,(H,26,32)(H,27,31)(H,29,30). The molecule has 174 valence electrons. The number of hydrogen-bond donors (Lipinski definition) is 3. The van der Waals surface area contributed by atoms with E-state index in [9.17, 15) is 14.4 Å². The minimum Gasteiger partial charge on any atom is -0.481 e. The van der Waals surface area contributed by atoms with Crippen molar-refractivity contribution in [2.75, 3.05) is 6.61 Å². The Balaban J connectivity index is 1.18. The van der Waals surface area contributed by atoms with Crippen LogP contribution < -0.4 is 10.6 Å². The van der Waals surface area contributed by atoms with Crippen LogP contribution in [0.5, 0.6) is 0 Å². The monoisotopic (exact) mass is 461 g/mol. The van der Waals surface area contributed by atoms with Gasteiger partial charge in [0.25, 0.3) is 5.91 Å². The topological polar surface area (TPSA) is 131 Å². The van der Waals surface area contributed by atoms with E-state index in [0.717, 1.165) is 22.3 Å². The summed E-state index contributed by atoms with van der Waals surface area (Å²) in [5.41, 5.74) is 4.17. The summed E-state index contributed by atoms with van der Waals surface area (Å²) in [6, 6.07) is 16.1. The molecule has 0 unspecified atom stereocenters. The van der Waals surface area contributed by atoms with E-state index in [-0.39, 0.29) is 36.7 Å². The van der Waals surface area contributed by atoms with Crippen LogP contribution in [0.1, 0.15) is 52.4 Å². The molecule has 3 N–H and O–H groups in total. The maximum absolute atomic E-state index is 12.6. The second kappa shape index (κ2) is 8.66. The number of aromatic nitrogens is 1. The molecule has 2 amide bonds. The first-order valence-corrected chi connectivity index (χ1v) is 11.0. The first-order chi connectivity index (χ1) is 16.5.